The van der Waals surface area contributed by atoms with E-state index in [0.717, 1.165) is 0 Å². The van der Waals surface area contributed by atoms with Gasteiger partial charge in [0, 0.05) is 34.3 Å². The van der Waals surface area contributed by atoms with Crippen molar-refractivity contribution in [1.29, 1.82) is 0 Å². The molecular formula is C39H48N2O9. The maximum atomic E-state index is 14.9. The van der Waals surface area contributed by atoms with Crippen LogP contribution >= 0.6 is 0 Å². The summed E-state index contributed by atoms with van der Waals surface area (Å²) in [5.41, 5.74) is 0.492. The Labute approximate surface area is 292 Å². The van der Waals surface area contributed by atoms with Crippen LogP contribution in [0.4, 0.5) is 0 Å². The first-order valence-corrected chi connectivity index (χ1v) is 17.2. The molecule has 2 saturated heterocycles. The molecule has 0 saturated carbocycles. The molecule has 2 aliphatic heterocycles. The van der Waals surface area contributed by atoms with Crippen molar-refractivity contribution in [1.82, 2.24) is 9.80 Å². The van der Waals surface area contributed by atoms with E-state index in [2.05, 4.69) is 0 Å². The molecule has 3 heterocycles. The van der Waals surface area contributed by atoms with Crippen molar-refractivity contribution in [3.8, 4) is 5.75 Å². The lowest BCUT2D eigenvalue weighted by molar-refractivity contribution is -0.176. The molecule has 6 rings (SSSR count). The minimum Gasteiger partial charge on any atom is -0.507 e. The van der Waals surface area contributed by atoms with E-state index in [-0.39, 0.29) is 62.4 Å². The van der Waals surface area contributed by atoms with E-state index in [1.807, 2.05) is 44.9 Å². The number of phenolic OH excluding ortho intramolecular Hbond substituents is 1. The number of ether oxygens (including phenoxy) is 2. The van der Waals surface area contributed by atoms with E-state index in [4.69, 9.17) is 13.9 Å². The van der Waals surface area contributed by atoms with Gasteiger partial charge >= 0.3 is 0 Å². The number of phenols is 1. The first-order valence-electron chi connectivity index (χ1n) is 17.2. The number of aliphatic hydroxyl groups excluding tert-OH is 2. The molecule has 0 bridgehead atoms. The maximum absolute atomic E-state index is 14.9. The van der Waals surface area contributed by atoms with Gasteiger partial charge in [-0.3, -0.25) is 14.4 Å². The lowest BCUT2D eigenvalue weighted by Crippen LogP contribution is -2.59. The molecule has 50 heavy (non-hydrogen) atoms. The Morgan fingerprint density at radius 3 is 2.20 bits per heavy atom. The Balaban J connectivity index is 1.65. The standard InChI is InChI=1S/C39H48N2O9/c1-11-17(2)26-15-25(42)29-18(3)12-23-31(37(29)50-26)36(46)32-30(35(23)45)21(27-14-24(40(7)8)33(43)19(4)48-27)13-22(34(32)44)28-16-39(6,41(9)10)38(47)20(5)49-28/h11-13,15,19-20,24,27-28,33,38,43-44,47H,14,16H2,1-10H3/b17-11-/t19-,20+,24+,27-,28+,33-,38-,39+/m1/s1. The molecule has 0 unspecified atom stereocenters. The van der Waals surface area contributed by atoms with Crippen molar-refractivity contribution in [3.63, 3.8) is 0 Å². The van der Waals surface area contributed by atoms with Gasteiger partial charge in [-0.1, -0.05) is 6.08 Å². The van der Waals surface area contributed by atoms with Crippen LogP contribution in [0, 0.1) is 6.92 Å². The van der Waals surface area contributed by atoms with Crippen molar-refractivity contribution < 1.29 is 38.8 Å². The minimum atomic E-state index is -0.847. The summed E-state index contributed by atoms with van der Waals surface area (Å²) in [6.45, 7) is 10.7. The zero-order valence-corrected chi connectivity index (χ0v) is 30.5. The fourth-order valence-electron chi connectivity index (χ4n) is 8.00. The lowest BCUT2D eigenvalue weighted by Gasteiger charge is -2.49. The summed E-state index contributed by atoms with van der Waals surface area (Å²) in [7, 11) is 7.46. The Morgan fingerprint density at radius 1 is 0.920 bits per heavy atom. The van der Waals surface area contributed by atoms with Gasteiger partial charge in [0.15, 0.2) is 16.8 Å². The molecule has 2 aromatic carbocycles. The van der Waals surface area contributed by atoms with Crippen LogP contribution in [0.5, 0.6) is 5.75 Å². The molecule has 3 aromatic rings. The predicted molar refractivity (Wildman–Crippen MR) is 189 cm³/mol. The predicted octanol–water partition coefficient (Wildman–Crippen LogP) is 4.68. The molecular weight excluding hydrogens is 640 g/mol. The molecule has 11 heteroatoms. The van der Waals surface area contributed by atoms with Gasteiger partial charge in [-0.15, -0.1) is 0 Å². The molecule has 268 valence electrons. The largest absolute Gasteiger partial charge is 0.507 e. The van der Waals surface area contributed by atoms with Crippen LogP contribution in [0.15, 0.2) is 33.5 Å². The summed E-state index contributed by atoms with van der Waals surface area (Å²) < 4.78 is 19.0. The molecule has 0 amide bonds. The second-order valence-corrected chi connectivity index (χ2v) is 14.9. The average Bonchev–Trinajstić information content (AvgIpc) is 3.05. The van der Waals surface area contributed by atoms with Crippen LogP contribution in [-0.2, 0) is 9.47 Å². The third-order valence-electron chi connectivity index (χ3n) is 11.5. The van der Waals surface area contributed by atoms with Gasteiger partial charge in [-0.05, 0) is 111 Å². The first-order chi connectivity index (χ1) is 23.4. The number of allylic oxidation sites excluding steroid dienone is 2. The van der Waals surface area contributed by atoms with Crippen LogP contribution in [0.25, 0.3) is 16.5 Å². The van der Waals surface area contributed by atoms with E-state index in [0.29, 0.717) is 23.1 Å². The minimum absolute atomic E-state index is 0.0102. The Morgan fingerprint density at radius 2 is 1.58 bits per heavy atom. The fourth-order valence-corrected chi connectivity index (χ4v) is 8.00. The highest BCUT2D eigenvalue weighted by Crippen LogP contribution is 2.49. The van der Waals surface area contributed by atoms with Gasteiger partial charge < -0.3 is 39.0 Å². The van der Waals surface area contributed by atoms with Gasteiger partial charge in [-0.25, -0.2) is 0 Å². The summed E-state index contributed by atoms with van der Waals surface area (Å²) >= 11 is 0. The number of carbonyl (C=O) groups excluding carboxylic acids is 2. The molecule has 8 atom stereocenters. The Hall–Kier alpha value is -3.71. The Kier molecular flexibility index (Phi) is 9.24. The molecule has 0 radical (unpaired) electrons. The highest BCUT2D eigenvalue weighted by molar-refractivity contribution is 6.33. The van der Waals surface area contributed by atoms with Crippen molar-refractivity contribution in [2.75, 3.05) is 28.2 Å². The molecule has 11 nitrogen and oxygen atoms in total. The highest BCUT2D eigenvalue weighted by Gasteiger charge is 2.49. The Bertz CT molecular complexity index is 2000. The number of hydrogen-bond acceptors (Lipinski definition) is 11. The number of aryl methyl sites for hydroxylation is 1. The quantitative estimate of drug-likeness (QED) is 0.268. The summed E-state index contributed by atoms with van der Waals surface area (Å²) in [5.74, 6) is -1.31. The van der Waals surface area contributed by atoms with Gasteiger partial charge in [-0.2, -0.15) is 0 Å². The van der Waals surface area contributed by atoms with Gasteiger partial charge in [0.1, 0.15) is 11.5 Å². The molecule has 3 N–H and O–H groups in total. The van der Waals surface area contributed by atoms with Crippen LogP contribution in [0.2, 0.25) is 0 Å². The summed E-state index contributed by atoms with van der Waals surface area (Å²) in [6, 6.07) is 4.29. The van der Waals surface area contributed by atoms with E-state index >= 15 is 0 Å². The number of carbonyl (C=O) groups is 2. The molecule has 1 aromatic heterocycles. The summed E-state index contributed by atoms with van der Waals surface area (Å²) in [5, 5.41) is 34.5. The number of hydrogen-bond donors (Lipinski definition) is 3. The monoisotopic (exact) mass is 688 g/mol. The number of aromatic hydroxyl groups is 1. The van der Waals surface area contributed by atoms with Crippen LogP contribution in [0.3, 0.4) is 0 Å². The van der Waals surface area contributed by atoms with Crippen LogP contribution in [0.1, 0.15) is 114 Å². The fraction of sp³-hybridized carbons (Fsp3) is 0.513. The first kappa shape index (κ1) is 36.1. The number of rotatable bonds is 5. The average molecular weight is 689 g/mol. The second-order valence-electron chi connectivity index (χ2n) is 14.9. The van der Waals surface area contributed by atoms with Gasteiger partial charge in [0.25, 0.3) is 0 Å². The number of likely N-dealkylation sites (N-methyl/N-ethyl adjacent to an activating group) is 2. The van der Waals surface area contributed by atoms with Crippen molar-refractivity contribution >= 4 is 28.1 Å². The maximum Gasteiger partial charge on any atom is 0.202 e. The number of benzene rings is 2. The van der Waals surface area contributed by atoms with E-state index < -0.39 is 59.5 Å². The van der Waals surface area contributed by atoms with Crippen molar-refractivity contribution in [3.05, 3.63) is 79.2 Å². The smallest absolute Gasteiger partial charge is 0.202 e. The van der Waals surface area contributed by atoms with Crippen LogP contribution in [-0.4, -0.2) is 101 Å². The van der Waals surface area contributed by atoms with E-state index in [9.17, 15) is 29.7 Å². The molecule has 2 fully saturated rings. The number of nitrogens with zero attached hydrogens (tertiary/aromatic N) is 2. The van der Waals surface area contributed by atoms with Crippen molar-refractivity contribution in [2.24, 2.45) is 0 Å². The van der Waals surface area contributed by atoms with Gasteiger partial charge in [0.05, 0.1) is 53.1 Å². The normalized spacial score (nSPS) is 30.3. The topological polar surface area (TPSA) is 150 Å². The zero-order valence-electron chi connectivity index (χ0n) is 30.5. The summed E-state index contributed by atoms with van der Waals surface area (Å²) in [4.78, 5) is 47.0. The number of aliphatic hydroxyl groups is 2. The SMILES string of the molecule is C/C=C(/C)c1cc(=O)c2c(C)cc3c(c2o1)C(=O)c1c(O)c([C@@H]2C[C@](C)(N(C)C)[C@H](O)[C@H](C)O2)cc([C@H]2C[C@H](N(C)C)[C@H](O)[C@@H](C)O2)c1C3=O. The molecule has 0 spiro atoms. The lowest BCUT2D eigenvalue weighted by atomic mass is 9.74. The molecule has 1 aliphatic carbocycles. The third-order valence-corrected chi connectivity index (χ3v) is 11.5. The zero-order chi connectivity index (χ0) is 36.7. The van der Waals surface area contributed by atoms with Gasteiger partial charge in [0.2, 0.25) is 5.78 Å². The van der Waals surface area contributed by atoms with Crippen molar-refractivity contribution in [2.45, 2.75) is 103 Å². The number of ketones is 2. The highest BCUT2D eigenvalue weighted by atomic mass is 16.5. The second kappa shape index (κ2) is 12.8. The summed E-state index contributed by atoms with van der Waals surface area (Å²) in [6.07, 6.45) is -2.05. The molecule has 3 aliphatic rings. The van der Waals surface area contributed by atoms with Crippen LogP contribution < -0.4 is 5.43 Å². The number of fused-ring (bicyclic) bond motifs is 4. The third kappa shape index (κ3) is 5.46. The van der Waals surface area contributed by atoms with E-state index in [1.54, 1.807) is 52.8 Å². The van der Waals surface area contributed by atoms with E-state index in [1.165, 1.54) is 6.07 Å².